The lowest BCUT2D eigenvalue weighted by atomic mass is 10.6. The summed E-state index contributed by atoms with van der Waals surface area (Å²) in [5, 5.41) is 0. The van der Waals surface area contributed by atoms with E-state index in [9.17, 15) is 0 Å². The van der Waals surface area contributed by atoms with Crippen molar-refractivity contribution in [1.82, 2.24) is 0 Å². The third-order valence-electron chi connectivity index (χ3n) is 1.05. The highest BCUT2D eigenvalue weighted by Crippen LogP contribution is 2.05. The Hall–Kier alpha value is 0.917. The van der Waals surface area contributed by atoms with Gasteiger partial charge in [0.25, 0.3) is 0 Å². The van der Waals surface area contributed by atoms with Gasteiger partial charge in [0.05, 0.1) is 8.67 Å². The van der Waals surface area contributed by atoms with Crippen LogP contribution in [0.15, 0.2) is 0 Å². The second-order valence-corrected chi connectivity index (χ2v) is 5.76. The van der Waals surface area contributed by atoms with Crippen molar-refractivity contribution < 1.29 is 0 Å². The van der Waals surface area contributed by atoms with Crippen LogP contribution < -0.4 is 0 Å². The molecule has 56 valence electrons. The molecule has 0 aliphatic carbocycles. The maximum Gasteiger partial charge on any atom is 0.0813 e. The van der Waals surface area contributed by atoms with Gasteiger partial charge in [-0.25, -0.2) is 12.1 Å². The predicted molar refractivity (Wildman–Crippen MR) is 54.6 cm³/mol. The number of hydrogen-bond donors (Lipinski definition) is 1. The summed E-state index contributed by atoms with van der Waals surface area (Å²) in [6, 6.07) is 1.42. The van der Waals surface area contributed by atoms with E-state index in [0.29, 0.717) is 0 Å². The van der Waals surface area contributed by atoms with E-state index in [1.807, 2.05) is 0 Å². The second-order valence-electron chi connectivity index (χ2n) is 2.04. The minimum Gasteiger partial charge on any atom is -0.210 e. The topological polar surface area (TPSA) is 0 Å². The molecule has 0 fully saturated rings. The molecule has 0 bridgehead atoms. The molecule has 0 aliphatic heterocycles. The average molecular weight is 180 g/mol. The van der Waals surface area contributed by atoms with Crippen molar-refractivity contribution in [3.8, 4) is 0 Å². The zero-order valence-corrected chi connectivity index (χ0v) is 9.22. The smallest absolute Gasteiger partial charge is 0.0813 e. The zero-order valence-electron chi connectivity index (χ0n) is 6.10. The molecule has 0 rings (SSSR count). The highest BCUT2D eigenvalue weighted by atomic mass is 32.3. The Morgan fingerprint density at radius 3 is 2.78 bits per heavy atom. The standard InChI is InChI=1S/C6H16S2Si/c1-2-4-8-5-3-6-9-7/h7H,2-6,9H2,1H3. The van der Waals surface area contributed by atoms with E-state index in [1.54, 1.807) is 0 Å². The van der Waals surface area contributed by atoms with Crippen molar-refractivity contribution >= 4 is 32.5 Å². The van der Waals surface area contributed by atoms with E-state index in [-0.39, 0.29) is 8.67 Å². The van der Waals surface area contributed by atoms with Crippen LogP contribution in [0.3, 0.4) is 0 Å². The first-order valence-electron chi connectivity index (χ1n) is 3.60. The summed E-state index contributed by atoms with van der Waals surface area (Å²) >= 11 is 6.36. The van der Waals surface area contributed by atoms with Crippen LogP contribution in [0.25, 0.3) is 0 Å². The largest absolute Gasteiger partial charge is 0.210 e. The molecule has 0 unspecified atom stereocenters. The van der Waals surface area contributed by atoms with Gasteiger partial charge >= 0.3 is 0 Å². The number of hydrogen-bond acceptors (Lipinski definition) is 2. The fourth-order valence-corrected chi connectivity index (χ4v) is 2.97. The van der Waals surface area contributed by atoms with Gasteiger partial charge in [-0.2, -0.15) is 11.8 Å². The number of thioether (sulfide) groups is 1. The predicted octanol–water partition coefficient (Wildman–Crippen LogP) is 1.95. The molecule has 9 heavy (non-hydrogen) atoms. The van der Waals surface area contributed by atoms with Crippen LogP contribution >= 0.6 is 23.8 Å². The third-order valence-corrected chi connectivity index (χ3v) is 4.08. The number of rotatable bonds is 6. The maximum absolute atomic E-state index is 4.28. The van der Waals surface area contributed by atoms with E-state index in [4.69, 9.17) is 0 Å². The van der Waals surface area contributed by atoms with Gasteiger partial charge in [0.1, 0.15) is 0 Å². The molecule has 0 amide bonds. The van der Waals surface area contributed by atoms with Gasteiger partial charge in [-0.3, -0.25) is 0 Å². The van der Waals surface area contributed by atoms with Crippen LogP contribution in [0.5, 0.6) is 0 Å². The first-order valence-corrected chi connectivity index (χ1v) is 8.29. The minimum absolute atomic E-state index is 0.0608. The van der Waals surface area contributed by atoms with E-state index < -0.39 is 0 Å². The fraction of sp³-hybridized carbons (Fsp3) is 1.00. The van der Waals surface area contributed by atoms with Gasteiger partial charge in [0, 0.05) is 0 Å². The van der Waals surface area contributed by atoms with Crippen molar-refractivity contribution in [3.63, 3.8) is 0 Å². The molecular formula is C6H16S2Si. The van der Waals surface area contributed by atoms with Gasteiger partial charge < -0.3 is 0 Å². The molecule has 0 nitrogen and oxygen atoms in total. The molecule has 0 atom stereocenters. The SMILES string of the molecule is CCCSCCC[SiH2]S. The number of thiol groups is 1. The molecule has 0 spiro atoms. The average Bonchev–Trinajstić information content (AvgIpc) is 1.89. The lowest BCUT2D eigenvalue weighted by Crippen LogP contribution is -1.83. The minimum atomic E-state index is 0.0608. The van der Waals surface area contributed by atoms with Gasteiger partial charge in [0.15, 0.2) is 0 Å². The summed E-state index contributed by atoms with van der Waals surface area (Å²) < 4.78 is 0. The van der Waals surface area contributed by atoms with Crippen molar-refractivity contribution in [2.24, 2.45) is 0 Å². The third kappa shape index (κ3) is 8.92. The van der Waals surface area contributed by atoms with E-state index in [1.165, 1.54) is 30.4 Å². The van der Waals surface area contributed by atoms with Crippen molar-refractivity contribution in [3.05, 3.63) is 0 Å². The normalized spacial score (nSPS) is 11.3. The van der Waals surface area contributed by atoms with E-state index in [2.05, 4.69) is 30.8 Å². The molecule has 0 heterocycles. The maximum atomic E-state index is 4.28. The fourth-order valence-electron chi connectivity index (χ4n) is 0.562. The lowest BCUT2D eigenvalue weighted by molar-refractivity contribution is 1.07. The van der Waals surface area contributed by atoms with E-state index >= 15 is 0 Å². The molecule has 0 N–H and O–H groups in total. The Kier molecular flexibility index (Phi) is 9.83. The Bertz CT molecular complexity index is 44.3. The molecule has 0 aromatic rings. The summed E-state index contributed by atoms with van der Waals surface area (Å²) in [4.78, 5) is 0. The van der Waals surface area contributed by atoms with Gasteiger partial charge in [0.2, 0.25) is 0 Å². The molecule has 0 radical (unpaired) electrons. The lowest BCUT2D eigenvalue weighted by Gasteiger charge is -1.95. The van der Waals surface area contributed by atoms with Crippen LogP contribution in [-0.4, -0.2) is 20.2 Å². The van der Waals surface area contributed by atoms with Crippen LogP contribution in [0.2, 0.25) is 6.04 Å². The van der Waals surface area contributed by atoms with Crippen LogP contribution in [0, 0.1) is 0 Å². The van der Waals surface area contributed by atoms with Gasteiger partial charge in [-0.05, 0) is 24.3 Å². The van der Waals surface area contributed by atoms with E-state index in [0.717, 1.165) is 0 Å². The quantitative estimate of drug-likeness (QED) is 0.370. The first kappa shape index (κ1) is 9.92. The summed E-state index contributed by atoms with van der Waals surface area (Å²) in [7, 11) is 0.0608. The van der Waals surface area contributed by atoms with Crippen molar-refractivity contribution in [2.75, 3.05) is 11.5 Å². The molecule has 0 aromatic carbocycles. The molecular weight excluding hydrogens is 164 g/mol. The summed E-state index contributed by atoms with van der Waals surface area (Å²) in [5.74, 6) is 2.70. The molecule has 0 aromatic heterocycles. The van der Waals surface area contributed by atoms with Crippen molar-refractivity contribution in [2.45, 2.75) is 25.8 Å². The Labute approximate surface area is 70.1 Å². The highest BCUT2D eigenvalue weighted by molar-refractivity contribution is 8.06. The summed E-state index contributed by atoms with van der Waals surface area (Å²) in [6.07, 6.45) is 2.73. The van der Waals surface area contributed by atoms with Gasteiger partial charge in [-0.15, -0.1) is 0 Å². The Morgan fingerprint density at radius 2 is 2.22 bits per heavy atom. The second kappa shape index (κ2) is 8.92. The van der Waals surface area contributed by atoms with Crippen LogP contribution in [-0.2, 0) is 0 Å². The molecule has 0 saturated heterocycles. The Balaban J connectivity index is 2.60. The molecule has 0 saturated carbocycles. The summed E-state index contributed by atoms with van der Waals surface area (Å²) in [6.45, 7) is 2.24. The van der Waals surface area contributed by atoms with Crippen LogP contribution in [0.4, 0.5) is 0 Å². The zero-order chi connectivity index (χ0) is 6.95. The van der Waals surface area contributed by atoms with Crippen molar-refractivity contribution in [1.29, 1.82) is 0 Å². The first-order chi connectivity index (χ1) is 4.41. The molecule has 3 heteroatoms. The molecule has 0 aliphatic rings. The van der Waals surface area contributed by atoms with Gasteiger partial charge in [-0.1, -0.05) is 13.0 Å². The summed E-state index contributed by atoms with van der Waals surface area (Å²) in [5.41, 5.74) is 0. The Morgan fingerprint density at radius 1 is 1.44 bits per heavy atom. The highest BCUT2D eigenvalue weighted by Gasteiger charge is 1.86. The van der Waals surface area contributed by atoms with Crippen LogP contribution in [0.1, 0.15) is 19.8 Å². The monoisotopic (exact) mass is 180 g/mol.